The van der Waals surface area contributed by atoms with Crippen LogP contribution in [0.25, 0.3) is 0 Å². The maximum atomic E-state index is 13.4. The molecule has 26 heavy (non-hydrogen) atoms. The van der Waals surface area contributed by atoms with Crippen molar-refractivity contribution in [3.8, 4) is 5.75 Å². The standard InChI is InChI=1S/C16H13FN4O5/c17-12-4-2-1-3-11(12)16(24)18-9-15(23)20-19-8-10-5-6-14(22)13(7-10)21(25)26/h1-8,22H,9H2,(H,18,24)(H,20,23)/p-1/b19-8-. The van der Waals surface area contributed by atoms with E-state index in [2.05, 4.69) is 15.8 Å². The van der Waals surface area contributed by atoms with Crippen molar-refractivity contribution in [1.82, 2.24) is 10.7 Å². The first kappa shape index (κ1) is 18.5. The van der Waals surface area contributed by atoms with Crippen molar-refractivity contribution < 1.29 is 24.0 Å². The molecule has 0 unspecified atom stereocenters. The Bertz CT molecular complexity index is 885. The summed E-state index contributed by atoms with van der Waals surface area (Å²) in [6, 6.07) is 8.61. The third-order valence-corrected chi connectivity index (χ3v) is 3.11. The minimum absolute atomic E-state index is 0.200. The van der Waals surface area contributed by atoms with Gasteiger partial charge in [0.25, 0.3) is 17.5 Å². The van der Waals surface area contributed by atoms with Crippen LogP contribution < -0.4 is 15.8 Å². The topological polar surface area (TPSA) is 137 Å². The van der Waals surface area contributed by atoms with E-state index in [-0.39, 0.29) is 11.1 Å². The maximum absolute atomic E-state index is 13.4. The first-order valence-corrected chi connectivity index (χ1v) is 7.18. The first-order valence-electron chi connectivity index (χ1n) is 7.18. The predicted octanol–water partition coefficient (Wildman–Crippen LogP) is 0.688. The summed E-state index contributed by atoms with van der Waals surface area (Å²) in [5, 5.41) is 27.7. The SMILES string of the molecule is O=C(CNC(=O)c1ccccc1F)N/N=C\c1ccc([O-])c([N+](=O)[O-])c1. The van der Waals surface area contributed by atoms with Gasteiger partial charge in [-0.3, -0.25) is 19.7 Å². The molecule has 0 saturated carbocycles. The van der Waals surface area contributed by atoms with E-state index in [1.54, 1.807) is 0 Å². The first-order chi connectivity index (χ1) is 12.4. The average Bonchev–Trinajstić information content (AvgIpc) is 2.61. The van der Waals surface area contributed by atoms with Crippen molar-refractivity contribution in [2.24, 2.45) is 5.10 Å². The Morgan fingerprint density at radius 2 is 1.96 bits per heavy atom. The molecular formula is C16H12FN4O5-. The smallest absolute Gasteiger partial charge is 0.262 e. The Morgan fingerprint density at radius 3 is 2.65 bits per heavy atom. The van der Waals surface area contributed by atoms with Crippen LogP contribution in [0, 0.1) is 15.9 Å². The van der Waals surface area contributed by atoms with Crippen LogP contribution >= 0.6 is 0 Å². The highest BCUT2D eigenvalue weighted by Crippen LogP contribution is 2.22. The molecule has 2 amide bonds. The second kappa shape index (κ2) is 8.33. The highest BCUT2D eigenvalue weighted by atomic mass is 19.1. The summed E-state index contributed by atoms with van der Waals surface area (Å²) in [5.41, 5.74) is 1.50. The normalized spacial score (nSPS) is 10.5. The average molecular weight is 359 g/mol. The summed E-state index contributed by atoms with van der Waals surface area (Å²) in [6.45, 7) is -0.454. The second-order valence-electron chi connectivity index (χ2n) is 4.94. The fourth-order valence-corrected chi connectivity index (χ4v) is 1.88. The van der Waals surface area contributed by atoms with E-state index in [0.29, 0.717) is 0 Å². The van der Waals surface area contributed by atoms with E-state index in [1.165, 1.54) is 24.3 Å². The molecule has 0 fully saturated rings. The fraction of sp³-hybridized carbons (Fsp3) is 0.0625. The van der Waals surface area contributed by atoms with Gasteiger partial charge in [-0.15, -0.1) is 0 Å². The van der Waals surface area contributed by atoms with E-state index in [1.807, 2.05) is 0 Å². The Kier molecular flexibility index (Phi) is 5.93. The third kappa shape index (κ3) is 4.84. The quantitative estimate of drug-likeness (QED) is 0.444. The summed E-state index contributed by atoms with van der Waals surface area (Å²) in [4.78, 5) is 33.2. The number of amides is 2. The molecule has 0 aliphatic rings. The molecular weight excluding hydrogens is 347 g/mol. The Balaban J connectivity index is 1.88. The van der Waals surface area contributed by atoms with Crippen LogP contribution in [0.15, 0.2) is 47.6 Å². The number of halogens is 1. The number of carbonyl (C=O) groups is 2. The Hall–Kier alpha value is -3.82. The van der Waals surface area contributed by atoms with Crippen molar-refractivity contribution in [1.29, 1.82) is 0 Å². The highest BCUT2D eigenvalue weighted by molar-refractivity contribution is 5.96. The molecule has 2 rings (SSSR count). The molecule has 0 spiro atoms. The molecule has 0 bridgehead atoms. The summed E-state index contributed by atoms with van der Waals surface area (Å²) in [5.74, 6) is -2.91. The zero-order valence-corrected chi connectivity index (χ0v) is 13.1. The lowest BCUT2D eigenvalue weighted by Gasteiger charge is -2.06. The molecule has 2 N–H and O–H groups in total. The van der Waals surface area contributed by atoms with E-state index in [4.69, 9.17) is 0 Å². The highest BCUT2D eigenvalue weighted by Gasteiger charge is 2.11. The van der Waals surface area contributed by atoms with Crippen molar-refractivity contribution in [3.63, 3.8) is 0 Å². The van der Waals surface area contributed by atoms with Crippen LogP contribution in [-0.4, -0.2) is 29.5 Å². The molecule has 0 radical (unpaired) electrons. The van der Waals surface area contributed by atoms with Gasteiger partial charge in [0.1, 0.15) is 5.82 Å². The summed E-state index contributed by atoms with van der Waals surface area (Å²) >= 11 is 0. The van der Waals surface area contributed by atoms with Crippen molar-refractivity contribution in [3.05, 3.63) is 69.5 Å². The molecule has 9 nitrogen and oxygen atoms in total. The number of nitrogens with zero attached hydrogens (tertiary/aromatic N) is 2. The molecule has 10 heteroatoms. The maximum Gasteiger partial charge on any atom is 0.262 e. The predicted molar refractivity (Wildman–Crippen MR) is 87.0 cm³/mol. The number of nitro benzene ring substituents is 1. The van der Waals surface area contributed by atoms with Gasteiger partial charge >= 0.3 is 0 Å². The number of hydrogen-bond donors (Lipinski definition) is 2. The van der Waals surface area contributed by atoms with Gasteiger partial charge in [0.05, 0.1) is 23.2 Å². The minimum Gasteiger partial charge on any atom is -0.868 e. The number of hydrogen-bond acceptors (Lipinski definition) is 6. The molecule has 0 aliphatic heterocycles. The molecule has 0 saturated heterocycles. The zero-order valence-electron chi connectivity index (χ0n) is 13.1. The van der Waals surface area contributed by atoms with Gasteiger partial charge in [-0.25, -0.2) is 9.82 Å². The van der Waals surface area contributed by atoms with E-state index in [9.17, 15) is 29.2 Å². The number of nitro groups is 1. The van der Waals surface area contributed by atoms with Crippen LogP contribution in [-0.2, 0) is 4.79 Å². The number of carbonyl (C=O) groups excluding carboxylic acids is 2. The van der Waals surface area contributed by atoms with E-state index < -0.39 is 40.5 Å². The number of nitrogens with one attached hydrogen (secondary N) is 2. The van der Waals surface area contributed by atoms with Crippen LogP contribution in [0.5, 0.6) is 5.75 Å². The van der Waals surface area contributed by atoms with Crippen LogP contribution in [0.1, 0.15) is 15.9 Å². The number of hydrazone groups is 1. The van der Waals surface area contributed by atoms with Crippen molar-refractivity contribution in [2.75, 3.05) is 6.54 Å². The third-order valence-electron chi connectivity index (χ3n) is 3.11. The summed E-state index contributed by atoms with van der Waals surface area (Å²) < 4.78 is 13.4. The van der Waals surface area contributed by atoms with Gasteiger partial charge in [-0.1, -0.05) is 24.3 Å². The largest absolute Gasteiger partial charge is 0.868 e. The minimum atomic E-state index is -0.823. The van der Waals surface area contributed by atoms with Crippen molar-refractivity contribution >= 4 is 23.7 Å². The Labute approximate surface area is 146 Å². The van der Waals surface area contributed by atoms with Gasteiger partial charge in [0, 0.05) is 11.6 Å². The molecule has 0 atom stereocenters. The monoisotopic (exact) mass is 359 g/mol. The van der Waals surface area contributed by atoms with Crippen LogP contribution in [0.4, 0.5) is 10.1 Å². The van der Waals surface area contributed by atoms with Gasteiger partial charge in [0.2, 0.25) is 0 Å². The van der Waals surface area contributed by atoms with Gasteiger partial charge in [0.15, 0.2) is 0 Å². The molecule has 2 aromatic carbocycles. The van der Waals surface area contributed by atoms with Gasteiger partial charge < -0.3 is 10.4 Å². The molecule has 0 aromatic heterocycles. The second-order valence-corrected chi connectivity index (χ2v) is 4.94. The lowest BCUT2D eigenvalue weighted by Crippen LogP contribution is -2.35. The zero-order chi connectivity index (χ0) is 19.1. The molecule has 0 heterocycles. The number of benzene rings is 2. The van der Waals surface area contributed by atoms with E-state index >= 15 is 0 Å². The summed E-state index contributed by atoms with van der Waals surface area (Å²) in [6.07, 6.45) is 1.10. The van der Waals surface area contributed by atoms with Gasteiger partial charge in [-0.2, -0.15) is 5.10 Å². The van der Waals surface area contributed by atoms with Crippen LogP contribution in [0.2, 0.25) is 0 Å². The Morgan fingerprint density at radius 1 is 1.23 bits per heavy atom. The van der Waals surface area contributed by atoms with Crippen molar-refractivity contribution in [2.45, 2.75) is 0 Å². The van der Waals surface area contributed by atoms with Gasteiger partial charge in [-0.05, 0) is 17.9 Å². The lowest BCUT2D eigenvalue weighted by molar-refractivity contribution is -0.398. The van der Waals surface area contributed by atoms with E-state index in [0.717, 1.165) is 24.4 Å². The summed E-state index contributed by atoms with van der Waals surface area (Å²) in [7, 11) is 0. The molecule has 2 aromatic rings. The van der Waals surface area contributed by atoms with Crippen LogP contribution in [0.3, 0.4) is 0 Å². The fourth-order valence-electron chi connectivity index (χ4n) is 1.88. The molecule has 134 valence electrons. The molecule has 0 aliphatic carbocycles. The number of rotatable bonds is 6. The lowest BCUT2D eigenvalue weighted by atomic mass is 10.2.